The number of hydrogen-bond acceptors (Lipinski definition) is 4. The van der Waals surface area contributed by atoms with E-state index in [4.69, 9.17) is 0 Å². The van der Waals surface area contributed by atoms with Crippen molar-refractivity contribution in [3.05, 3.63) is 36.5 Å². The Labute approximate surface area is 162 Å². The summed E-state index contributed by atoms with van der Waals surface area (Å²) in [6.45, 7) is 0.0818. The van der Waals surface area contributed by atoms with Crippen molar-refractivity contribution in [1.29, 1.82) is 0 Å². The van der Waals surface area contributed by atoms with Gasteiger partial charge in [0.25, 0.3) is 5.91 Å². The molecule has 0 radical (unpaired) electrons. The average molecular weight is 381 g/mol. The third-order valence-electron chi connectivity index (χ3n) is 5.47. The third kappa shape index (κ3) is 3.49. The number of carbonyl (C=O) groups excluding carboxylic acids is 3. The Kier molecular flexibility index (Phi) is 4.85. The zero-order chi connectivity index (χ0) is 19.6. The van der Waals surface area contributed by atoms with Crippen LogP contribution in [0.2, 0.25) is 0 Å². The van der Waals surface area contributed by atoms with Crippen LogP contribution in [0.1, 0.15) is 38.5 Å². The molecule has 1 saturated heterocycles. The predicted molar refractivity (Wildman–Crippen MR) is 103 cm³/mol. The maximum absolute atomic E-state index is 12.7. The molecule has 0 unspecified atom stereocenters. The Morgan fingerprint density at radius 1 is 1.18 bits per heavy atom. The van der Waals surface area contributed by atoms with Gasteiger partial charge in [0.15, 0.2) is 0 Å². The van der Waals surface area contributed by atoms with Gasteiger partial charge in [-0.15, -0.1) is 0 Å². The quantitative estimate of drug-likeness (QED) is 0.692. The monoisotopic (exact) mass is 381 g/mol. The number of carbonyl (C=O) groups is 3. The number of benzene rings is 1. The molecule has 3 N–H and O–H groups in total. The summed E-state index contributed by atoms with van der Waals surface area (Å²) >= 11 is 0. The standard InChI is InChI=1S/C20H23N5O3/c26-17(22-15-6-4-5-14(13-15)16-7-11-21-24-16)8-12-25-18(27)20(23-19(25)28)9-2-1-3-10-20/h4-7,11,13H,1-3,8-10,12H2,(H,21,24)(H,22,26)(H,23,28). The first-order valence-electron chi connectivity index (χ1n) is 9.61. The van der Waals surface area contributed by atoms with Gasteiger partial charge in [0.1, 0.15) is 5.54 Å². The lowest BCUT2D eigenvalue weighted by molar-refractivity contribution is -0.132. The Morgan fingerprint density at radius 2 is 2.00 bits per heavy atom. The summed E-state index contributed by atoms with van der Waals surface area (Å²) in [7, 11) is 0. The molecular formula is C20H23N5O3. The second kappa shape index (κ2) is 7.46. The summed E-state index contributed by atoms with van der Waals surface area (Å²) in [6, 6.07) is 8.86. The number of amides is 4. The van der Waals surface area contributed by atoms with Crippen LogP contribution < -0.4 is 10.6 Å². The van der Waals surface area contributed by atoms with Crippen LogP contribution in [0.15, 0.2) is 36.5 Å². The lowest BCUT2D eigenvalue weighted by atomic mass is 9.82. The number of aromatic nitrogens is 2. The molecule has 1 aromatic carbocycles. The highest BCUT2D eigenvalue weighted by molar-refractivity contribution is 6.07. The summed E-state index contributed by atoms with van der Waals surface area (Å²) in [5.41, 5.74) is 1.67. The van der Waals surface area contributed by atoms with E-state index in [1.54, 1.807) is 12.3 Å². The van der Waals surface area contributed by atoms with Gasteiger partial charge in [0.2, 0.25) is 5.91 Å². The van der Waals surface area contributed by atoms with Gasteiger partial charge >= 0.3 is 6.03 Å². The predicted octanol–water partition coefficient (Wildman–Crippen LogP) is 2.66. The number of H-pyrrole nitrogens is 1. The molecule has 0 bridgehead atoms. The first-order chi connectivity index (χ1) is 13.6. The summed E-state index contributed by atoms with van der Waals surface area (Å²) in [4.78, 5) is 38.5. The zero-order valence-corrected chi connectivity index (χ0v) is 15.5. The Balaban J connectivity index is 1.35. The van der Waals surface area contributed by atoms with Crippen LogP contribution in [0.3, 0.4) is 0 Å². The molecule has 1 aliphatic carbocycles. The van der Waals surface area contributed by atoms with Crippen LogP contribution in [0.25, 0.3) is 11.3 Å². The fourth-order valence-electron chi connectivity index (χ4n) is 3.99. The lowest BCUT2D eigenvalue weighted by Crippen LogP contribution is -2.48. The van der Waals surface area contributed by atoms with Crippen molar-refractivity contribution >= 4 is 23.5 Å². The van der Waals surface area contributed by atoms with E-state index in [2.05, 4.69) is 20.8 Å². The van der Waals surface area contributed by atoms with Gasteiger partial charge in [-0.3, -0.25) is 19.6 Å². The highest BCUT2D eigenvalue weighted by Crippen LogP contribution is 2.33. The topological polar surface area (TPSA) is 107 Å². The number of hydrogen-bond donors (Lipinski definition) is 3. The minimum absolute atomic E-state index is 0.0591. The number of nitrogens with zero attached hydrogens (tertiary/aromatic N) is 2. The molecule has 2 fully saturated rings. The highest BCUT2D eigenvalue weighted by Gasteiger charge is 2.51. The number of urea groups is 1. The van der Waals surface area contributed by atoms with Crippen molar-refractivity contribution in [1.82, 2.24) is 20.4 Å². The Morgan fingerprint density at radius 3 is 2.75 bits per heavy atom. The van der Waals surface area contributed by atoms with Crippen molar-refractivity contribution in [3.8, 4) is 11.3 Å². The molecular weight excluding hydrogens is 358 g/mol. The molecule has 4 amide bonds. The number of aromatic amines is 1. The van der Waals surface area contributed by atoms with Gasteiger partial charge in [0.05, 0.1) is 5.69 Å². The Hall–Kier alpha value is -3.16. The molecule has 1 aromatic heterocycles. The summed E-state index contributed by atoms with van der Waals surface area (Å²) < 4.78 is 0. The number of imide groups is 1. The maximum Gasteiger partial charge on any atom is 0.325 e. The van der Waals surface area contributed by atoms with Gasteiger partial charge in [-0.25, -0.2) is 4.79 Å². The molecule has 146 valence electrons. The molecule has 2 heterocycles. The maximum atomic E-state index is 12.7. The molecule has 0 atom stereocenters. The fourth-order valence-corrected chi connectivity index (χ4v) is 3.99. The van der Waals surface area contributed by atoms with Crippen LogP contribution in [0, 0.1) is 0 Å². The highest BCUT2D eigenvalue weighted by atomic mass is 16.2. The first kappa shape index (κ1) is 18.2. The van der Waals surface area contributed by atoms with Crippen molar-refractivity contribution in [2.75, 3.05) is 11.9 Å². The van der Waals surface area contributed by atoms with Crippen molar-refractivity contribution in [2.45, 2.75) is 44.1 Å². The molecule has 8 nitrogen and oxygen atoms in total. The minimum atomic E-state index is -0.746. The first-order valence-corrected chi connectivity index (χ1v) is 9.61. The largest absolute Gasteiger partial charge is 0.326 e. The smallest absolute Gasteiger partial charge is 0.325 e. The number of anilines is 1. The fraction of sp³-hybridized carbons (Fsp3) is 0.400. The average Bonchev–Trinajstić information content (AvgIpc) is 3.30. The summed E-state index contributed by atoms with van der Waals surface area (Å²) in [6.07, 6.45) is 6.05. The number of rotatable bonds is 5. The van der Waals surface area contributed by atoms with Gasteiger partial charge in [-0.1, -0.05) is 31.4 Å². The molecule has 2 aliphatic rings. The van der Waals surface area contributed by atoms with Crippen LogP contribution in [-0.4, -0.2) is 45.0 Å². The van der Waals surface area contributed by atoms with Crippen molar-refractivity contribution in [2.24, 2.45) is 0 Å². The van der Waals surface area contributed by atoms with Crippen LogP contribution >= 0.6 is 0 Å². The molecule has 1 aliphatic heterocycles. The van der Waals surface area contributed by atoms with E-state index >= 15 is 0 Å². The van der Waals surface area contributed by atoms with E-state index in [9.17, 15) is 14.4 Å². The molecule has 1 spiro atoms. The van der Waals surface area contributed by atoms with Gasteiger partial charge in [0, 0.05) is 30.4 Å². The van der Waals surface area contributed by atoms with Crippen LogP contribution in [0.5, 0.6) is 0 Å². The van der Waals surface area contributed by atoms with E-state index in [1.165, 1.54) is 4.90 Å². The minimum Gasteiger partial charge on any atom is -0.326 e. The normalized spacial score (nSPS) is 18.4. The van der Waals surface area contributed by atoms with E-state index in [-0.39, 0.29) is 30.8 Å². The zero-order valence-electron chi connectivity index (χ0n) is 15.5. The third-order valence-corrected chi connectivity index (χ3v) is 5.47. The molecule has 4 rings (SSSR count). The summed E-state index contributed by atoms with van der Waals surface area (Å²) in [5.74, 6) is -0.432. The van der Waals surface area contributed by atoms with E-state index in [0.717, 1.165) is 30.5 Å². The van der Waals surface area contributed by atoms with E-state index < -0.39 is 5.54 Å². The molecule has 2 aromatic rings. The Bertz CT molecular complexity index is 887. The SMILES string of the molecule is O=C(CCN1C(=O)NC2(CCCCC2)C1=O)Nc1cccc(-c2ccn[nH]2)c1. The van der Waals surface area contributed by atoms with E-state index in [1.807, 2.05) is 24.3 Å². The molecule has 8 heteroatoms. The van der Waals surface area contributed by atoms with Gasteiger partial charge in [-0.2, -0.15) is 5.10 Å². The van der Waals surface area contributed by atoms with Crippen LogP contribution in [0.4, 0.5) is 10.5 Å². The second-order valence-electron chi connectivity index (χ2n) is 7.38. The molecule has 1 saturated carbocycles. The van der Waals surface area contributed by atoms with Gasteiger partial charge < -0.3 is 10.6 Å². The second-order valence-corrected chi connectivity index (χ2v) is 7.38. The van der Waals surface area contributed by atoms with Crippen molar-refractivity contribution in [3.63, 3.8) is 0 Å². The lowest BCUT2D eigenvalue weighted by Gasteiger charge is -2.30. The number of nitrogens with one attached hydrogen (secondary N) is 3. The molecule has 28 heavy (non-hydrogen) atoms. The summed E-state index contributed by atoms with van der Waals surface area (Å²) in [5, 5.41) is 12.5. The van der Waals surface area contributed by atoms with Gasteiger partial charge in [-0.05, 0) is 31.0 Å². The van der Waals surface area contributed by atoms with Crippen molar-refractivity contribution < 1.29 is 14.4 Å². The van der Waals surface area contributed by atoms with E-state index in [0.29, 0.717) is 18.5 Å². The van der Waals surface area contributed by atoms with Crippen LogP contribution in [-0.2, 0) is 9.59 Å².